The summed E-state index contributed by atoms with van der Waals surface area (Å²) in [5.74, 6) is 0.444. The van der Waals surface area contributed by atoms with Crippen molar-refractivity contribution in [2.24, 2.45) is 0 Å². The number of amides is 1. The molecule has 0 radical (unpaired) electrons. The van der Waals surface area contributed by atoms with Crippen LogP contribution in [-0.4, -0.2) is 40.1 Å². The maximum Gasteiger partial charge on any atom is 0.264 e. The predicted octanol–water partition coefficient (Wildman–Crippen LogP) is 4.32. The number of hydrogen-bond donors (Lipinski definition) is 1. The molecule has 34 heavy (non-hydrogen) atoms. The Kier molecular flexibility index (Phi) is 5.62. The number of methoxy groups -OCH3 is 2. The number of ether oxygens (including phenoxy) is 2. The van der Waals surface area contributed by atoms with Crippen molar-refractivity contribution in [1.82, 2.24) is 4.98 Å². The average Bonchev–Trinajstić information content (AvgIpc) is 3.47. The Balaban J connectivity index is 1.47. The van der Waals surface area contributed by atoms with E-state index in [2.05, 4.69) is 10.3 Å². The molecule has 0 aliphatic carbocycles. The van der Waals surface area contributed by atoms with Gasteiger partial charge in [-0.2, -0.15) is 0 Å². The minimum Gasteiger partial charge on any atom is -0.497 e. The number of rotatable bonds is 6. The number of hydrogen-bond acceptors (Lipinski definition) is 7. The molecule has 174 valence electrons. The third kappa shape index (κ3) is 3.84. The zero-order valence-electron chi connectivity index (χ0n) is 18.4. The Hall–Kier alpha value is -3.63. The summed E-state index contributed by atoms with van der Waals surface area (Å²) in [5, 5.41) is 3.15. The predicted molar refractivity (Wildman–Crippen MR) is 132 cm³/mol. The number of anilines is 2. The van der Waals surface area contributed by atoms with E-state index in [0.717, 1.165) is 15.8 Å². The van der Waals surface area contributed by atoms with Crippen LogP contribution in [0.3, 0.4) is 0 Å². The van der Waals surface area contributed by atoms with Gasteiger partial charge in [-0.05, 0) is 54.4 Å². The van der Waals surface area contributed by atoms with Gasteiger partial charge in [0.05, 0.1) is 40.6 Å². The average molecular weight is 496 g/mol. The summed E-state index contributed by atoms with van der Waals surface area (Å²) < 4.78 is 39.7. The molecule has 2 heterocycles. The summed E-state index contributed by atoms with van der Waals surface area (Å²) in [6.07, 6.45) is 0.640. The van der Waals surface area contributed by atoms with Gasteiger partial charge in [-0.1, -0.05) is 29.5 Å². The topological polar surface area (TPSA) is 97.8 Å². The van der Waals surface area contributed by atoms with Crippen molar-refractivity contribution in [3.8, 4) is 11.5 Å². The largest absolute Gasteiger partial charge is 0.497 e. The first kappa shape index (κ1) is 22.2. The molecule has 5 rings (SSSR count). The molecule has 1 aliphatic heterocycles. The minimum absolute atomic E-state index is 0.0178. The second-order valence-electron chi connectivity index (χ2n) is 7.62. The molecule has 0 bridgehead atoms. The molecular formula is C24H21N3O5S2. The number of benzene rings is 3. The molecule has 1 amide bonds. The molecule has 3 aromatic carbocycles. The van der Waals surface area contributed by atoms with E-state index in [1.807, 2.05) is 30.3 Å². The molecule has 0 spiro atoms. The summed E-state index contributed by atoms with van der Waals surface area (Å²) in [4.78, 5) is 17.6. The normalized spacial score (nSPS) is 13.1. The smallest absolute Gasteiger partial charge is 0.264 e. The quantitative estimate of drug-likeness (QED) is 0.428. The third-order valence-electron chi connectivity index (χ3n) is 5.66. The number of carbonyl (C=O) groups excluding carboxylic acids is 1. The van der Waals surface area contributed by atoms with Gasteiger partial charge in [-0.3, -0.25) is 14.4 Å². The van der Waals surface area contributed by atoms with Crippen LogP contribution in [0.5, 0.6) is 11.5 Å². The standard InChI is InChI=1S/C24H21N3O5S2/c1-31-16-7-9-19-22(13-16)33-24(25-19)26-23(28)18-14-17(8-10-21(18)32-2)34(29,30)27-12-11-15-5-3-4-6-20(15)27/h3-10,13-14H,11-12H2,1-2H3,(H,25,26,28). The third-order valence-corrected chi connectivity index (χ3v) is 8.41. The maximum absolute atomic E-state index is 13.4. The van der Waals surface area contributed by atoms with Crippen molar-refractivity contribution in [3.05, 3.63) is 71.8 Å². The first-order valence-electron chi connectivity index (χ1n) is 10.5. The lowest BCUT2D eigenvalue weighted by Crippen LogP contribution is -2.29. The zero-order valence-corrected chi connectivity index (χ0v) is 20.1. The minimum atomic E-state index is -3.86. The maximum atomic E-state index is 13.4. The Bertz CT molecular complexity index is 1510. The highest BCUT2D eigenvalue weighted by atomic mass is 32.2. The number of aromatic nitrogens is 1. The Labute approximate surface area is 200 Å². The van der Waals surface area contributed by atoms with Gasteiger partial charge in [0.25, 0.3) is 15.9 Å². The van der Waals surface area contributed by atoms with Gasteiger partial charge in [-0.25, -0.2) is 13.4 Å². The van der Waals surface area contributed by atoms with Crippen LogP contribution in [0.2, 0.25) is 0 Å². The van der Waals surface area contributed by atoms with Gasteiger partial charge in [0, 0.05) is 6.54 Å². The van der Waals surface area contributed by atoms with Gasteiger partial charge in [-0.15, -0.1) is 0 Å². The highest BCUT2D eigenvalue weighted by molar-refractivity contribution is 7.92. The highest BCUT2D eigenvalue weighted by Crippen LogP contribution is 2.34. The van der Waals surface area contributed by atoms with Crippen LogP contribution in [0.25, 0.3) is 10.2 Å². The molecule has 10 heteroatoms. The van der Waals surface area contributed by atoms with E-state index in [-0.39, 0.29) is 16.2 Å². The van der Waals surface area contributed by atoms with E-state index in [1.165, 1.54) is 41.0 Å². The lowest BCUT2D eigenvalue weighted by atomic mass is 10.2. The van der Waals surface area contributed by atoms with E-state index >= 15 is 0 Å². The zero-order chi connectivity index (χ0) is 23.9. The molecule has 0 fully saturated rings. The fraction of sp³-hybridized carbons (Fsp3) is 0.167. The van der Waals surface area contributed by atoms with Crippen LogP contribution in [-0.2, 0) is 16.4 Å². The van der Waals surface area contributed by atoms with Gasteiger partial charge < -0.3 is 9.47 Å². The second-order valence-corrected chi connectivity index (χ2v) is 10.5. The summed E-state index contributed by atoms with van der Waals surface area (Å²) >= 11 is 1.30. The van der Waals surface area contributed by atoms with E-state index < -0.39 is 15.9 Å². The summed E-state index contributed by atoms with van der Waals surface area (Å²) in [5.41, 5.74) is 2.46. The molecule has 0 saturated carbocycles. The number of para-hydroxylation sites is 1. The number of sulfonamides is 1. The first-order chi connectivity index (χ1) is 16.4. The lowest BCUT2D eigenvalue weighted by molar-refractivity contribution is 0.102. The number of nitrogens with zero attached hydrogens (tertiary/aromatic N) is 2. The van der Waals surface area contributed by atoms with Crippen molar-refractivity contribution in [3.63, 3.8) is 0 Å². The molecule has 1 aromatic heterocycles. The molecule has 0 unspecified atom stereocenters. The van der Waals surface area contributed by atoms with E-state index in [1.54, 1.807) is 19.2 Å². The molecule has 4 aromatic rings. The molecule has 1 N–H and O–H groups in total. The van der Waals surface area contributed by atoms with Crippen molar-refractivity contribution in [1.29, 1.82) is 0 Å². The molecule has 1 aliphatic rings. The number of thiazole rings is 1. The van der Waals surface area contributed by atoms with Gasteiger partial charge in [0.2, 0.25) is 0 Å². The molecule has 0 saturated heterocycles. The van der Waals surface area contributed by atoms with Crippen LogP contribution in [0.4, 0.5) is 10.8 Å². The number of fused-ring (bicyclic) bond motifs is 2. The fourth-order valence-electron chi connectivity index (χ4n) is 3.96. The van der Waals surface area contributed by atoms with Crippen LogP contribution in [0.1, 0.15) is 15.9 Å². The molecular weight excluding hydrogens is 474 g/mol. The fourth-order valence-corrected chi connectivity index (χ4v) is 6.38. The second kappa shape index (κ2) is 8.62. The SMILES string of the molecule is COc1ccc2nc(NC(=O)c3cc(S(=O)(=O)N4CCc5ccccc54)ccc3OC)sc2c1. The number of nitrogens with one attached hydrogen (secondary N) is 1. The van der Waals surface area contributed by atoms with Crippen molar-refractivity contribution < 1.29 is 22.7 Å². The number of carbonyl (C=O) groups is 1. The Morgan fingerprint density at radius 3 is 2.68 bits per heavy atom. The first-order valence-corrected chi connectivity index (χ1v) is 12.7. The summed E-state index contributed by atoms with van der Waals surface area (Å²) in [6, 6.07) is 17.2. The van der Waals surface area contributed by atoms with E-state index in [4.69, 9.17) is 9.47 Å². The summed E-state index contributed by atoms with van der Waals surface area (Å²) in [6.45, 7) is 0.352. The summed E-state index contributed by atoms with van der Waals surface area (Å²) in [7, 11) is -0.849. The molecule has 8 nitrogen and oxygen atoms in total. The van der Waals surface area contributed by atoms with Gasteiger partial charge >= 0.3 is 0 Å². The van der Waals surface area contributed by atoms with E-state index in [0.29, 0.717) is 29.5 Å². The van der Waals surface area contributed by atoms with Gasteiger partial charge in [0.1, 0.15) is 11.5 Å². The van der Waals surface area contributed by atoms with E-state index in [9.17, 15) is 13.2 Å². The highest BCUT2D eigenvalue weighted by Gasteiger charge is 2.31. The molecule has 0 atom stereocenters. The van der Waals surface area contributed by atoms with Crippen molar-refractivity contribution in [2.45, 2.75) is 11.3 Å². The van der Waals surface area contributed by atoms with Crippen LogP contribution in [0, 0.1) is 0 Å². The monoisotopic (exact) mass is 495 g/mol. The Morgan fingerprint density at radius 1 is 1.06 bits per heavy atom. The van der Waals surface area contributed by atoms with Crippen LogP contribution < -0.4 is 19.1 Å². The van der Waals surface area contributed by atoms with Crippen LogP contribution in [0.15, 0.2) is 65.6 Å². The van der Waals surface area contributed by atoms with Crippen LogP contribution >= 0.6 is 11.3 Å². The lowest BCUT2D eigenvalue weighted by Gasteiger charge is -2.20. The van der Waals surface area contributed by atoms with Gasteiger partial charge in [0.15, 0.2) is 5.13 Å². The Morgan fingerprint density at radius 2 is 1.88 bits per heavy atom. The van der Waals surface area contributed by atoms with Crippen molar-refractivity contribution >= 4 is 48.3 Å². The van der Waals surface area contributed by atoms with Crippen molar-refractivity contribution in [2.75, 3.05) is 30.4 Å².